The zero-order valence-corrected chi connectivity index (χ0v) is 13.8. The summed E-state index contributed by atoms with van der Waals surface area (Å²) in [5.74, 6) is -2.66. The zero-order chi connectivity index (χ0) is 19.1. The van der Waals surface area contributed by atoms with Gasteiger partial charge in [-0.1, -0.05) is 6.92 Å². The van der Waals surface area contributed by atoms with Gasteiger partial charge < -0.3 is 5.32 Å². The maximum atomic E-state index is 14.1. The predicted octanol–water partition coefficient (Wildman–Crippen LogP) is 4.29. The van der Waals surface area contributed by atoms with Crippen molar-refractivity contribution in [2.45, 2.75) is 32.5 Å². The van der Waals surface area contributed by atoms with E-state index >= 15 is 0 Å². The normalized spacial score (nSPS) is 13.2. The van der Waals surface area contributed by atoms with E-state index in [1.807, 2.05) is 0 Å². The first-order valence-corrected chi connectivity index (χ1v) is 7.72. The Kier molecular flexibility index (Phi) is 4.51. The van der Waals surface area contributed by atoms with E-state index in [9.17, 15) is 22.0 Å². The number of fused-ring (bicyclic) bond motifs is 1. The Morgan fingerprint density at radius 3 is 2.54 bits per heavy atom. The monoisotopic (exact) mass is 371 g/mol. The molecule has 0 saturated heterocycles. The van der Waals surface area contributed by atoms with Gasteiger partial charge in [0.15, 0.2) is 0 Å². The minimum Gasteiger partial charge on any atom is -0.363 e. The molecule has 0 aliphatic carbocycles. The Bertz CT molecular complexity index is 950. The highest BCUT2D eigenvalue weighted by molar-refractivity contribution is 5.47. The van der Waals surface area contributed by atoms with Crippen molar-refractivity contribution in [3.63, 3.8) is 0 Å². The molecule has 0 fully saturated rings. The van der Waals surface area contributed by atoms with Gasteiger partial charge in [0.2, 0.25) is 0 Å². The lowest BCUT2D eigenvalue weighted by molar-refractivity contribution is -0.144. The van der Waals surface area contributed by atoms with E-state index in [0.29, 0.717) is 12.1 Å². The van der Waals surface area contributed by atoms with Gasteiger partial charge in [-0.05, 0) is 31.5 Å². The van der Waals surface area contributed by atoms with E-state index in [-0.39, 0.29) is 17.2 Å². The van der Waals surface area contributed by atoms with Crippen molar-refractivity contribution in [3.05, 3.63) is 53.0 Å². The van der Waals surface area contributed by atoms with Crippen LogP contribution in [0.5, 0.6) is 0 Å². The van der Waals surface area contributed by atoms with Gasteiger partial charge in [-0.3, -0.25) is 0 Å². The molecule has 0 spiro atoms. The van der Waals surface area contributed by atoms with Gasteiger partial charge in [0, 0.05) is 17.3 Å². The Morgan fingerprint density at radius 2 is 1.88 bits per heavy atom. The number of rotatable bonds is 4. The Hall–Kier alpha value is -2.78. The Morgan fingerprint density at radius 1 is 1.15 bits per heavy atom. The molecule has 138 valence electrons. The smallest absolute Gasteiger partial charge is 0.363 e. The summed E-state index contributed by atoms with van der Waals surface area (Å²) in [6, 6.07) is 3.81. The van der Waals surface area contributed by atoms with E-state index in [1.165, 1.54) is 6.07 Å². The van der Waals surface area contributed by atoms with Gasteiger partial charge >= 0.3 is 6.18 Å². The third-order valence-electron chi connectivity index (χ3n) is 3.76. The maximum absolute atomic E-state index is 14.1. The molecular formula is C16H14F5N5. The van der Waals surface area contributed by atoms with Gasteiger partial charge in [-0.2, -0.15) is 22.7 Å². The van der Waals surface area contributed by atoms with Crippen molar-refractivity contribution < 1.29 is 22.0 Å². The van der Waals surface area contributed by atoms with Crippen molar-refractivity contribution in [3.8, 4) is 0 Å². The summed E-state index contributed by atoms with van der Waals surface area (Å²) in [5.41, 5.74) is 0.460. The molecule has 1 N–H and O–H groups in total. The number of aryl methyl sites for hydroxylation is 1. The van der Waals surface area contributed by atoms with Crippen LogP contribution in [0.1, 0.15) is 36.5 Å². The number of alkyl halides is 3. The molecule has 1 unspecified atom stereocenters. The summed E-state index contributed by atoms with van der Waals surface area (Å²) in [7, 11) is 0. The molecule has 26 heavy (non-hydrogen) atoms. The first kappa shape index (κ1) is 18.0. The average Bonchev–Trinajstić information content (AvgIpc) is 2.99. The van der Waals surface area contributed by atoms with Gasteiger partial charge in [-0.25, -0.2) is 13.8 Å². The van der Waals surface area contributed by atoms with Gasteiger partial charge in [0.25, 0.3) is 11.6 Å². The molecule has 10 heteroatoms. The van der Waals surface area contributed by atoms with E-state index in [0.717, 1.165) is 22.7 Å². The predicted molar refractivity (Wildman–Crippen MR) is 83.5 cm³/mol. The molecule has 3 rings (SSSR count). The second-order valence-corrected chi connectivity index (χ2v) is 5.70. The number of nitrogens with one attached hydrogen (secondary N) is 1. The number of hydrogen-bond donors (Lipinski definition) is 1. The quantitative estimate of drug-likeness (QED) is 0.695. The highest BCUT2D eigenvalue weighted by Gasteiger charge is 2.37. The minimum atomic E-state index is -4.72. The number of benzene rings is 1. The van der Waals surface area contributed by atoms with Crippen LogP contribution in [-0.2, 0) is 6.18 Å². The van der Waals surface area contributed by atoms with Crippen molar-refractivity contribution in [1.29, 1.82) is 0 Å². The summed E-state index contributed by atoms with van der Waals surface area (Å²) in [6.45, 7) is 3.31. The van der Waals surface area contributed by atoms with Crippen molar-refractivity contribution in [1.82, 2.24) is 19.6 Å². The van der Waals surface area contributed by atoms with Gasteiger partial charge in [0.05, 0.1) is 6.04 Å². The van der Waals surface area contributed by atoms with Crippen LogP contribution >= 0.6 is 0 Å². The highest BCUT2D eigenvalue weighted by atomic mass is 19.4. The molecule has 2 heterocycles. The topological polar surface area (TPSA) is 55.1 Å². The highest BCUT2D eigenvalue weighted by Crippen LogP contribution is 2.29. The number of anilines is 1. The second-order valence-electron chi connectivity index (χ2n) is 5.70. The maximum Gasteiger partial charge on any atom is 0.453 e. The van der Waals surface area contributed by atoms with Crippen LogP contribution in [0.15, 0.2) is 24.3 Å². The van der Waals surface area contributed by atoms with E-state index < -0.39 is 29.7 Å². The van der Waals surface area contributed by atoms with Crippen LogP contribution in [0.3, 0.4) is 0 Å². The fourth-order valence-corrected chi connectivity index (χ4v) is 2.57. The van der Waals surface area contributed by atoms with Crippen molar-refractivity contribution in [2.24, 2.45) is 0 Å². The molecule has 1 atom stereocenters. The number of hydrogen-bond acceptors (Lipinski definition) is 4. The summed E-state index contributed by atoms with van der Waals surface area (Å²) in [5, 5.41) is 6.34. The minimum absolute atomic E-state index is 0.0614. The standard InChI is InChI=1S/C16H14F5N5/c1-3-12(10-7-9(17)4-5-11(10)18)23-13-6-8(2)22-15-24-14(16(19,20)21)25-26(13)15/h4-7,12,23H,3H2,1-2H3. The van der Waals surface area contributed by atoms with Gasteiger partial charge in [0.1, 0.15) is 17.5 Å². The van der Waals surface area contributed by atoms with Crippen LogP contribution in [0.25, 0.3) is 5.78 Å². The lowest BCUT2D eigenvalue weighted by atomic mass is 10.0. The number of halogens is 5. The molecule has 3 aromatic rings. The third kappa shape index (κ3) is 3.44. The second kappa shape index (κ2) is 6.50. The number of nitrogens with zero attached hydrogens (tertiary/aromatic N) is 4. The largest absolute Gasteiger partial charge is 0.453 e. The third-order valence-corrected chi connectivity index (χ3v) is 3.76. The lowest BCUT2D eigenvalue weighted by Gasteiger charge is -2.20. The molecule has 5 nitrogen and oxygen atoms in total. The fraction of sp³-hybridized carbons (Fsp3) is 0.312. The summed E-state index contributed by atoms with van der Waals surface area (Å²) >= 11 is 0. The molecule has 1 aromatic carbocycles. The van der Waals surface area contributed by atoms with Crippen LogP contribution in [0.4, 0.5) is 27.8 Å². The van der Waals surface area contributed by atoms with E-state index in [4.69, 9.17) is 0 Å². The van der Waals surface area contributed by atoms with Crippen LogP contribution in [0, 0.1) is 18.6 Å². The molecule has 0 radical (unpaired) electrons. The molecule has 2 aromatic heterocycles. The van der Waals surface area contributed by atoms with Gasteiger partial charge in [-0.15, -0.1) is 5.10 Å². The van der Waals surface area contributed by atoms with E-state index in [1.54, 1.807) is 13.8 Å². The van der Waals surface area contributed by atoms with Crippen LogP contribution in [0.2, 0.25) is 0 Å². The SMILES string of the molecule is CCC(Nc1cc(C)nc2nc(C(F)(F)F)nn12)c1cc(F)ccc1F. The van der Waals surface area contributed by atoms with E-state index in [2.05, 4.69) is 20.4 Å². The van der Waals surface area contributed by atoms with Crippen molar-refractivity contribution >= 4 is 11.6 Å². The fourth-order valence-electron chi connectivity index (χ4n) is 2.57. The molecular weight excluding hydrogens is 357 g/mol. The molecule has 0 aliphatic heterocycles. The van der Waals surface area contributed by atoms with Crippen molar-refractivity contribution in [2.75, 3.05) is 5.32 Å². The van der Waals surface area contributed by atoms with Crippen LogP contribution in [-0.4, -0.2) is 19.6 Å². The molecule has 0 amide bonds. The average molecular weight is 371 g/mol. The first-order valence-electron chi connectivity index (χ1n) is 7.72. The zero-order valence-electron chi connectivity index (χ0n) is 13.8. The summed E-state index contributed by atoms with van der Waals surface area (Å²) in [6.07, 6.45) is -4.37. The molecule has 0 aliphatic rings. The first-order chi connectivity index (χ1) is 12.2. The Balaban J connectivity index is 2.06. The lowest BCUT2D eigenvalue weighted by Crippen LogP contribution is -2.15. The van der Waals surface area contributed by atoms with Crippen LogP contribution < -0.4 is 5.32 Å². The molecule has 0 saturated carbocycles. The number of aromatic nitrogens is 4. The summed E-state index contributed by atoms with van der Waals surface area (Å²) in [4.78, 5) is 7.31. The summed E-state index contributed by atoms with van der Waals surface area (Å²) < 4.78 is 67.1. The molecule has 0 bridgehead atoms. The Labute approximate surface area is 144 Å².